The van der Waals surface area contributed by atoms with E-state index in [1.807, 2.05) is 0 Å². The zero-order valence-electron chi connectivity index (χ0n) is 8.86. The highest BCUT2D eigenvalue weighted by molar-refractivity contribution is 7.84. The maximum absolute atomic E-state index is 13.8. The molecule has 0 spiro atoms. The van der Waals surface area contributed by atoms with Crippen LogP contribution in [0.15, 0.2) is 34.0 Å². The second kappa shape index (κ2) is 3.83. The summed E-state index contributed by atoms with van der Waals surface area (Å²) in [7, 11) is -0.119. The predicted octanol–water partition coefficient (Wildman–Crippen LogP) is 1.42. The third kappa shape index (κ3) is 1.48. The number of benzene rings is 1. The fourth-order valence-electron chi connectivity index (χ4n) is 1.68. The van der Waals surface area contributed by atoms with Gasteiger partial charge in [0.15, 0.2) is 0 Å². The summed E-state index contributed by atoms with van der Waals surface area (Å²) in [5.74, 6) is -0.732. The van der Waals surface area contributed by atoms with E-state index < -0.39 is 22.2 Å². The fraction of sp³-hybridized carbons (Fsp3) is 0.182. The SMILES string of the molecule is Cn1c(F)c(S(C)=O)c(=O)c2ccccc21. The van der Waals surface area contributed by atoms with Crippen molar-refractivity contribution in [3.63, 3.8) is 0 Å². The number of nitrogens with zero attached hydrogens (tertiary/aromatic N) is 1. The Morgan fingerprint density at radius 2 is 1.94 bits per heavy atom. The molecule has 1 aromatic heterocycles. The van der Waals surface area contributed by atoms with E-state index in [4.69, 9.17) is 0 Å². The summed E-state index contributed by atoms with van der Waals surface area (Å²) >= 11 is 0. The molecule has 0 aliphatic heterocycles. The normalized spacial score (nSPS) is 12.9. The van der Waals surface area contributed by atoms with E-state index >= 15 is 0 Å². The second-order valence-corrected chi connectivity index (χ2v) is 4.80. The van der Waals surface area contributed by atoms with Gasteiger partial charge in [-0.3, -0.25) is 9.00 Å². The van der Waals surface area contributed by atoms with Crippen molar-refractivity contribution in [3.05, 3.63) is 40.4 Å². The lowest BCUT2D eigenvalue weighted by atomic mass is 10.2. The molecule has 1 heterocycles. The van der Waals surface area contributed by atoms with Gasteiger partial charge in [0.1, 0.15) is 4.90 Å². The highest BCUT2D eigenvalue weighted by atomic mass is 32.2. The summed E-state index contributed by atoms with van der Waals surface area (Å²) in [5.41, 5.74) is 0.00577. The van der Waals surface area contributed by atoms with Crippen molar-refractivity contribution in [2.24, 2.45) is 7.05 Å². The molecule has 0 saturated heterocycles. The van der Waals surface area contributed by atoms with Gasteiger partial charge in [0, 0.05) is 18.7 Å². The van der Waals surface area contributed by atoms with Gasteiger partial charge in [-0.15, -0.1) is 0 Å². The van der Waals surface area contributed by atoms with Gasteiger partial charge >= 0.3 is 0 Å². The lowest BCUT2D eigenvalue weighted by Crippen LogP contribution is -2.18. The fourth-order valence-corrected chi connectivity index (χ4v) is 2.43. The summed E-state index contributed by atoms with van der Waals surface area (Å²) in [6.45, 7) is 0. The first-order chi connectivity index (χ1) is 7.54. The first-order valence-corrected chi connectivity index (χ1v) is 6.20. The molecule has 16 heavy (non-hydrogen) atoms. The number of halogens is 1. The Morgan fingerprint density at radius 1 is 1.31 bits per heavy atom. The van der Waals surface area contributed by atoms with E-state index in [-0.39, 0.29) is 4.90 Å². The van der Waals surface area contributed by atoms with Crippen molar-refractivity contribution in [2.75, 3.05) is 6.26 Å². The number of aromatic nitrogens is 1. The number of hydrogen-bond acceptors (Lipinski definition) is 2. The monoisotopic (exact) mass is 239 g/mol. The van der Waals surface area contributed by atoms with E-state index in [0.717, 1.165) is 0 Å². The Balaban J connectivity index is 3.07. The van der Waals surface area contributed by atoms with Crippen LogP contribution in [-0.2, 0) is 17.8 Å². The molecule has 0 amide bonds. The van der Waals surface area contributed by atoms with Crippen molar-refractivity contribution in [1.82, 2.24) is 4.57 Å². The van der Waals surface area contributed by atoms with E-state index in [9.17, 15) is 13.4 Å². The van der Waals surface area contributed by atoms with Crippen LogP contribution in [-0.4, -0.2) is 15.0 Å². The summed E-state index contributed by atoms with van der Waals surface area (Å²) in [4.78, 5) is 11.6. The minimum atomic E-state index is -1.63. The smallest absolute Gasteiger partial charge is 0.214 e. The Bertz CT molecular complexity index is 648. The number of aryl methyl sites for hydroxylation is 1. The van der Waals surface area contributed by atoms with Crippen LogP contribution in [0.2, 0.25) is 0 Å². The molecular weight excluding hydrogens is 229 g/mol. The van der Waals surface area contributed by atoms with Gasteiger partial charge in [-0.1, -0.05) is 12.1 Å². The number of rotatable bonds is 1. The maximum Gasteiger partial charge on any atom is 0.214 e. The van der Waals surface area contributed by atoms with E-state index in [1.165, 1.54) is 17.9 Å². The largest absolute Gasteiger partial charge is 0.319 e. The van der Waals surface area contributed by atoms with Crippen LogP contribution in [0.5, 0.6) is 0 Å². The van der Waals surface area contributed by atoms with Crippen LogP contribution in [0.3, 0.4) is 0 Å². The molecule has 0 bridgehead atoms. The molecule has 3 nitrogen and oxygen atoms in total. The molecule has 0 fully saturated rings. The third-order valence-electron chi connectivity index (χ3n) is 2.49. The van der Waals surface area contributed by atoms with Crippen LogP contribution in [0.1, 0.15) is 0 Å². The van der Waals surface area contributed by atoms with Crippen LogP contribution < -0.4 is 5.43 Å². The summed E-state index contributed by atoms with van der Waals surface area (Å²) in [6.07, 6.45) is 1.30. The molecular formula is C11H10FNO2S. The molecule has 5 heteroatoms. The zero-order valence-corrected chi connectivity index (χ0v) is 9.68. The van der Waals surface area contributed by atoms with Crippen molar-refractivity contribution in [2.45, 2.75) is 4.90 Å². The van der Waals surface area contributed by atoms with E-state index in [1.54, 1.807) is 24.3 Å². The Kier molecular flexibility index (Phi) is 2.63. The molecule has 0 saturated carbocycles. The quantitative estimate of drug-likeness (QED) is 0.706. The maximum atomic E-state index is 13.8. The number of para-hydroxylation sites is 1. The van der Waals surface area contributed by atoms with Crippen molar-refractivity contribution in [3.8, 4) is 0 Å². The molecule has 1 atom stereocenters. The van der Waals surface area contributed by atoms with Gasteiger partial charge in [-0.2, -0.15) is 4.39 Å². The standard InChI is InChI=1S/C11H10FNO2S/c1-13-8-6-4-3-5-7(8)9(14)10(11(13)12)16(2)15/h3-6H,1-2H3. The second-order valence-electron chi connectivity index (χ2n) is 3.48. The van der Waals surface area contributed by atoms with Gasteiger partial charge in [-0.25, -0.2) is 0 Å². The Labute approximate surface area is 94.0 Å². The summed E-state index contributed by atoms with van der Waals surface area (Å²) in [6, 6.07) is 6.68. The van der Waals surface area contributed by atoms with Gasteiger partial charge in [0.25, 0.3) is 0 Å². The molecule has 2 rings (SSSR count). The van der Waals surface area contributed by atoms with Gasteiger partial charge < -0.3 is 4.57 Å². The van der Waals surface area contributed by atoms with Crippen molar-refractivity contribution >= 4 is 21.7 Å². The summed E-state index contributed by atoms with van der Waals surface area (Å²) in [5, 5.41) is 0.386. The molecule has 0 radical (unpaired) electrons. The predicted molar refractivity (Wildman–Crippen MR) is 61.5 cm³/mol. The number of fused-ring (bicyclic) bond motifs is 1. The van der Waals surface area contributed by atoms with Gasteiger partial charge in [-0.05, 0) is 12.1 Å². The topological polar surface area (TPSA) is 39.1 Å². The minimum Gasteiger partial charge on any atom is -0.319 e. The minimum absolute atomic E-state index is 0.263. The van der Waals surface area contributed by atoms with Crippen LogP contribution >= 0.6 is 0 Å². The average Bonchev–Trinajstić information content (AvgIpc) is 2.26. The molecule has 1 aromatic carbocycles. The number of pyridine rings is 1. The zero-order chi connectivity index (χ0) is 11.9. The lowest BCUT2D eigenvalue weighted by molar-refractivity contribution is 0.505. The van der Waals surface area contributed by atoms with Crippen LogP contribution in [0.25, 0.3) is 10.9 Å². The third-order valence-corrected chi connectivity index (χ3v) is 3.41. The molecule has 0 N–H and O–H groups in total. The van der Waals surface area contributed by atoms with Gasteiger partial charge in [0.2, 0.25) is 11.4 Å². The van der Waals surface area contributed by atoms with E-state index in [2.05, 4.69) is 0 Å². The molecule has 1 unspecified atom stereocenters. The van der Waals surface area contributed by atoms with Crippen LogP contribution in [0.4, 0.5) is 4.39 Å². The first kappa shape index (κ1) is 11.0. The summed E-state index contributed by atoms with van der Waals surface area (Å²) < 4.78 is 26.4. The molecule has 0 aliphatic rings. The highest BCUT2D eigenvalue weighted by Crippen LogP contribution is 2.15. The van der Waals surface area contributed by atoms with Crippen molar-refractivity contribution in [1.29, 1.82) is 0 Å². The molecule has 84 valence electrons. The number of hydrogen-bond donors (Lipinski definition) is 0. The Hall–Kier alpha value is -1.49. The lowest BCUT2D eigenvalue weighted by Gasteiger charge is -2.09. The highest BCUT2D eigenvalue weighted by Gasteiger charge is 2.17. The Morgan fingerprint density at radius 3 is 2.56 bits per heavy atom. The van der Waals surface area contributed by atoms with Crippen LogP contribution in [0, 0.1) is 5.95 Å². The molecule has 0 aliphatic carbocycles. The first-order valence-electron chi connectivity index (χ1n) is 4.64. The van der Waals surface area contributed by atoms with Gasteiger partial charge in [0.05, 0.1) is 16.3 Å². The average molecular weight is 239 g/mol. The van der Waals surface area contributed by atoms with Crippen molar-refractivity contribution < 1.29 is 8.60 Å². The molecule has 2 aromatic rings. The van der Waals surface area contributed by atoms with E-state index in [0.29, 0.717) is 10.9 Å².